The molecule has 1 N–H and O–H groups in total. The Morgan fingerprint density at radius 1 is 1.26 bits per heavy atom. The van der Waals surface area contributed by atoms with Gasteiger partial charge in [0.1, 0.15) is 0 Å². The molecule has 1 saturated heterocycles. The second-order valence-electron chi connectivity index (χ2n) is 4.84. The Morgan fingerprint density at radius 2 is 1.84 bits per heavy atom. The van der Waals surface area contributed by atoms with Crippen LogP contribution >= 0.6 is 0 Å². The van der Waals surface area contributed by atoms with Crippen LogP contribution in [0.4, 0.5) is 5.69 Å². The second-order valence-corrected chi connectivity index (χ2v) is 4.84. The zero-order valence-corrected chi connectivity index (χ0v) is 10.6. The highest BCUT2D eigenvalue weighted by Crippen LogP contribution is 2.28. The average molecular weight is 261 g/mol. The number of carboxylic acid groups (broad SMARTS) is 1. The van der Waals surface area contributed by atoms with Crippen molar-refractivity contribution in [3.8, 4) is 0 Å². The van der Waals surface area contributed by atoms with E-state index in [1.54, 1.807) is 24.3 Å². The van der Waals surface area contributed by atoms with Crippen molar-refractivity contribution in [2.75, 3.05) is 4.90 Å². The standard InChI is InChI=1S/C14H15NO4/c1-9-6-12(16)15(13(17)7-9)11-5-3-2-4-10(11)8-14(18)19/h2-5,9H,6-8H2,1H3,(H,18,19). The maximum atomic E-state index is 12.0. The summed E-state index contributed by atoms with van der Waals surface area (Å²) < 4.78 is 0. The number of anilines is 1. The number of amides is 2. The third-order valence-corrected chi connectivity index (χ3v) is 3.12. The third-order valence-electron chi connectivity index (χ3n) is 3.12. The van der Waals surface area contributed by atoms with E-state index < -0.39 is 5.97 Å². The minimum absolute atomic E-state index is 0.0443. The molecule has 0 atom stereocenters. The fraction of sp³-hybridized carbons (Fsp3) is 0.357. The molecular weight excluding hydrogens is 246 g/mol. The van der Waals surface area contributed by atoms with Crippen LogP contribution in [-0.4, -0.2) is 22.9 Å². The fourth-order valence-electron chi connectivity index (χ4n) is 2.30. The van der Waals surface area contributed by atoms with Crippen molar-refractivity contribution in [2.24, 2.45) is 5.92 Å². The van der Waals surface area contributed by atoms with Gasteiger partial charge in [0.2, 0.25) is 11.8 Å². The maximum Gasteiger partial charge on any atom is 0.307 e. The number of carbonyl (C=O) groups is 3. The summed E-state index contributed by atoms with van der Waals surface area (Å²) in [6.07, 6.45) is 0.420. The van der Waals surface area contributed by atoms with Crippen molar-refractivity contribution >= 4 is 23.5 Å². The molecule has 0 aromatic heterocycles. The summed E-state index contributed by atoms with van der Waals surface area (Å²) in [4.78, 5) is 36.0. The number of hydrogen-bond acceptors (Lipinski definition) is 3. The summed E-state index contributed by atoms with van der Waals surface area (Å²) in [5.74, 6) is -1.47. The molecule has 0 spiro atoms. The largest absolute Gasteiger partial charge is 0.481 e. The van der Waals surface area contributed by atoms with E-state index in [1.165, 1.54) is 0 Å². The van der Waals surface area contributed by atoms with E-state index in [0.29, 0.717) is 24.1 Å². The smallest absolute Gasteiger partial charge is 0.307 e. The van der Waals surface area contributed by atoms with Gasteiger partial charge in [-0.3, -0.25) is 19.3 Å². The molecule has 1 aliphatic heterocycles. The number of carbonyl (C=O) groups excluding carboxylic acids is 2. The highest BCUT2D eigenvalue weighted by Gasteiger charge is 2.32. The highest BCUT2D eigenvalue weighted by molar-refractivity contribution is 6.17. The molecule has 5 heteroatoms. The Hall–Kier alpha value is -2.17. The van der Waals surface area contributed by atoms with E-state index in [4.69, 9.17) is 5.11 Å². The number of carboxylic acids is 1. The molecule has 2 amide bonds. The summed E-state index contributed by atoms with van der Waals surface area (Å²) in [6, 6.07) is 6.63. The molecule has 0 bridgehead atoms. The summed E-state index contributed by atoms with van der Waals surface area (Å²) in [5, 5.41) is 8.88. The molecule has 19 heavy (non-hydrogen) atoms. The SMILES string of the molecule is CC1CC(=O)N(c2ccccc2CC(=O)O)C(=O)C1. The van der Waals surface area contributed by atoms with Gasteiger partial charge in [-0.2, -0.15) is 0 Å². The van der Waals surface area contributed by atoms with Gasteiger partial charge in [0.05, 0.1) is 12.1 Å². The first-order valence-corrected chi connectivity index (χ1v) is 6.14. The van der Waals surface area contributed by atoms with Gasteiger partial charge < -0.3 is 5.11 Å². The van der Waals surface area contributed by atoms with Crippen LogP contribution in [0.1, 0.15) is 25.3 Å². The predicted octanol–water partition coefficient (Wildman–Crippen LogP) is 1.60. The van der Waals surface area contributed by atoms with E-state index in [1.807, 2.05) is 6.92 Å². The Labute approximate surface area is 110 Å². The molecule has 2 rings (SSSR count). The van der Waals surface area contributed by atoms with Crippen molar-refractivity contribution in [3.63, 3.8) is 0 Å². The molecule has 1 aliphatic rings. The van der Waals surface area contributed by atoms with Crippen LogP contribution < -0.4 is 4.90 Å². The quantitative estimate of drug-likeness (QED) is 0.839. The lowest BCUT2D eigenvalue weighted by atomic mass is 9.96. The topological polar surface area (TPSA) is 74.7 Å². The predicted molar refractivity (Wildman–Crippen MR) is 68.7 cm³/mol. The molecule has 1 fully saturated rings. The molecule has 5 nitrogen and oxygen atoms in total. The van der Waals surface area contributed by atoms with Gasteiger partial charge in [-0.1, -0.05) is 25.1 Å². The van der Waals surface area contributed by atoms with E-state index in [2.05, 4.69) is 0 Å². The van der Waals surface area contributed by atoms with Crippen LogP contribution in [-0.2, 0) is 20.8 Å². The third kappa shape index (κ3) is 2.81. The number of piperidine rings is 1. The molecular formula is C14H15NO4. The minimum Gasteiger partial charge on any atom is -0.481 e. The van der Waals surface area contributed by atoms with Gasteiger partial charge in [0, 0.05) is 12.8 Å². The van der Waals surface area contributed by atoms with Crippen LogP contribution in [0.3, 0.4) is 0 Å². The van der Waals surface area contributed by atoms with E-state index in [-0.39, 0.29) is 24.2 Å². The van der Waals surface area contributed by atoms with Gasteiger partial charge in [0.25, 0.3) is 0 Å². The molecule has 1 aromatic rings. The zero-order valence-electron chi connectivity index (χ0n) is 10.6. The lowest BCUT2D eigenvalue weighted by Crippen LogP contribution is -2.43. The normalized spacial score (nSPS) is 16.8. The first-order chi connectivity index (χ1) is 8.99. The lowest BCUT2D eigenvalue weighted by molar-refractivity contribution is -0.136. The zero-order chi connectivity index (χ0) is 14.0. The van der Waals surface area contributed by atoms with Gasteiger partial charge in [0.15, 0.2) is 0 Å². The summed E-state index contributed by atoms with van der Waals surface area (Å²) in [7, 11) is 0. The Balaban J connectivity index is 2.38. The van der Waals surface area contributed by atoms with Gasteiger partial charge >= 0.3 is 5.97 Å². The minimum atomic E-state index is -0.988. The molecule has 1 heterocycles. The number of imide groups is 1. The number of benzene rings is 1. The van der Waals surface area contributed by atoms with Gasteiger partial charge in [-0.25, -0.2) is 0 Å². The van der Waals surface area contributed by atoms with Crippen LogP contribution in [0.15, 0.2) is 24.3 Å². The van der Waals surface area contributed by atoms with E-state index in [9.17, 15) is 14.4 Å². The summed E-state index contributed by atoms with van der Waals surface area (Å²) in [6.45, 7) is 1.86. The summed E-state index contributed by atoms with van der Waals surface area (Å²) in [5.41, 5.74) is 0.873. The molecule has 0 unspecified atom stereocenters. The monoisotopic (exact) mass is 261 g/mol. The number of rotatable bonds is 3. The highest BCUT2D eigenvalue weighted by atomic mass is 16.4. The Morgan fingerprint density at radius 3 is 2.42 bits per heavy atom. The second kappa shape index (κ2) is 5.22. The number of hydrogen-bond donors (Lipinski definition) is 1. The van der Waals surface area contributed by atoms with Crippen molar-refractivity contribution in [3.05, 3.63) is 29.8 Å². The first kappa shape index (κ1) is 13.3. The van der Waals surface area contributed by atoms with E-state index >= 15 is 0 Å². The molecule has 0 aliphatic carbocycles. The fourth-order valence-corrected chi connectivity index (χ4v) is 2.30. The van der Waals surface area contributed by atoms with Gasteiger partial charge in [-0.15, -0.1) is 0 Å². The van der Waals surface area contributed by atoms with Crippen LogP contribution in [0.5, 0.6) is 0 Å². The molecule has 0 saturated carbocycles. The molecule has 100 valence electrons. The maximum absolute atomic E-state index is 12.0. The van der Waals surface area contributed by atoms with Crippen molar-refractivity contribution < 1.29 is 19.5 Å². The molecule has 0 radical (unpaired) electrons. The van der Waals surface area contributed by atoms with Gasteiger partial charge in [-0.05, 0) is 17.5 Å². The van der Waals surface area contributed by atoms with Crippen LogP contribution in [0.2, 0.25) is 0 Å². The van der Waals surface area contributed by atoms with Crippen LogP contribution in [0.25, 0.3) is 0 Å². The average Bonchev–Trinajstić information content (AvgIpc) is 2.29. The summed E-state index contributed by atoms with van der Waals surface area (Å²) >= 11 is 0. The molecule has 1 aromatic carbocycles. The number of nitrogens with zero attached hydrogens (tertiary/aromatic N) is 1. The number of para-hydroxylation sites is 1. The first-order valence-electron chi connectivity index (χ1n) is 6.14. The van der Waals surface area contributed by atoms with E-state index in [0.717, 1.165) is 4.90 Å². The lowest BCUT2D eigenvalue weighted by Gasteiger charge is -2.29. The van der Waals surface area contributed by atoms with Crippen molar-refractivity contribution in [1.29, 1.82) is 0 Å². The van der Waals surface area contributed by atoms with Crippen molar-refractivity contribution in [1.82, 2.24) is 0 Å². The van der Waals surface area contributed by atoms with Crippen LogP contribution in [0, 0.1) is 5.92 Å². The number of aliphatic carboxylic acids is 1. The Kier molecular flexibility index (Phi) is 3.64. The Bertz CT molecular complexity index is 520. The van der Waals surface area contributed by atoms with Crippen molar-refractivity contribution in [2.45, 2.75) is 26.2 Å².